The SMILES string of the molecule is Cc1ccc(/C=C/C(=O)c2ccc3c(c2)OCO3)cc1[N+](=O)[O-]. The van der Waals surface area contributed by atoms with Gasteiger partial charge in [-0.25, -0.2) is 0 Å². The van der Waals surface area contributed by atoms with Gasteiger partial charge in [0.05, 0.1) is 4.92 Å². The molecule has 3 rings (SSSR count). The number of ether oxygens (including phenoxy) is 2. The Labute approximate surface area is 132 Å². The van der Waals surface area contributed by atoms with Gasteiger partial charge in [-0.05, 0) is 36.8 Å². The second-order valence-electron chi connectivity index (χ2n) is 5.07. The van der Waals surface area contributed by atoms with E-state index in [0.717, 1.165) is 0 Å². The summed E-state index contributed by atoms with van der Waals surface area (Å²) in [5.41, 5.74) is 1.67. The highest BCUT2D eigenvalue weighted by atomic mass is 16.7. The van der Waals surface area contributed by atoms with Gasteiger partial charge in [0, 0.05) is 17.2 Å². The lowest BCUT2D eigenvalue weighted by Crippen LogP contribution is -1.95. The zero-order valence-electron chi connectivity index (χ0n) is 12.3. The Morgan fingerprint density at radius 3 is 2.74 bits per heavy atom. The van der Waals surface area contributed by atoms with Crippen molar-refractivity contribution >= 4 is 17.5 Å². The molecule has 0 saturated heterocycles. The highest BCUT2D eigenvalue weighted by Crippen LogP contribution is 2.32. The third kappa shape index (κ3) is 3.06. The Morgan fingerprint density at radius 1 is 1.17 bits per heavy atom. The molecule has 0 aliphatic carbocycles. The van der Waals surface area contributed by atoms with Crippen LogP contribution in [-0.2, 0) is 0 Å². The number of nitrogens with zero attached hydrogens (tertiary/aromatic N) is 1. The predicted octanol–water partition coefficient (Wildman–Crippen LogP) is 3.53. The number of ketones is 1. The Morgan fingerprint density at radius 2 is 1.96 bits per heavy atom. The number of benzene rings is 2. The molecule has 116 valence electrons. The van der Waals surface area contributed by atoms with Crippen LogP contribution in [0.4, 0.5) is 5.69 Å². The van der Waals surface area contributed by atoms with Gasteiger partial charge < -0.3 is 9.47 Å². The van der Waals surface area contributed by atoms with Crippen LogP contribution in [0, 0.1) is 17.0 Å². The number of rotatable bonds is 4. The summed E-state index contributed by atoms with van der Waals surface area (Å²) >= 11 is 0. The van der Waals surface area contributed by atoms with Crippen molar-refractivity contribution in [2.75, 3.05) is 6.79 Å². The van der Waals surface area contributed by atoms with Crippen molar-refractivity contribution in [1.82, 2.24) is 0 Å². The van der Waals surface area contributed by atoms with E-state index in [9.17, 15) is 14.9 Å². The van der Waals surface area contributed by atoms with Gasteiger partial charge in [-0.3, -0.25) is 14.9 Å². The maximum atomic E-state index is 12.2. The lowest BCUT2D eigenvalue weighted by Gasteiger charge is -2.00. The summed E-state index contributed by atoms with van der Waals surface area (Å²) in [6.07, 6.45) is 2.94. The van der Waals surface area contributed by atoms with Crippen LogP contribution in [-0.4, -0.2) is 17.5 Å². The molecule has 0 aromatic heterocycles. The first-order chi connectivity index (χ1) is 11.0. The molecule has 1 aliphatic rings. The molecule has 0 N–H and O–H groups in total. The fourth-order valence-electron chi connectivity index (χ4n) is 2.24. The van der Waals surface area contributed by atoms with Gasteiger partial charge in [-0.15, -0.1) is 0 Å². The Kier molecular flexibility index (Phi) is 3.80. The number of carbonyl (C=O) groups excluding carboxylic acids is 1. The Bertz CT molecular complexity index is 826. The van der Waals surface area contributed by atoms with E-state index in [-0.39, 0.29) is 18.3 Å². The summed E-state index contributed by atoms with van der Waals surface area (Å²) < 4.78 is 10.4. The van der Waals surface area contributed by atoms with Gasteiger partial charge >= 0.3 is 0 Å². The molecule has 0 amide bonds. The highest BCUT2D eigenvalue weighted by molar-refractivity contribution is 6.07. The molecular weight excluding hydrogens is 298 g/mol. The number of carbonyl (C=O) groups is 1. The highest BCUT2D eigenvalue weighted by Gasteiger charge is 2.15. The molecule has 0 saturated carbocycles. The molecule has 0 radical (unpaired) electrons. The lowest BCUT2D eigenvalue weighted by atomic mass is 10.1. The lowest BCUT2D eigenvalue weighted by molar-refractivity contribution is -0.385. The quantitative estimate of drug-likeness (QED) is 0.373. The summed E-state index contributed by atoms with van der Waals surface area (Å²) in [7, 11) is 0. The summed E-state index contributed by atoms with van der Waals surface area (Å²) in [4.78, 5) is 22.7. The molecule has 0 atom stereocenters. The van der Waals surface area contributed by atoms with Crippen LogP contribution in [0.15, 0.2) is 42.5 Å². The normalized spacial score (nSPS) is 12.6. The van der Waals surface area contributed by atoms with Crippen LogP contribution < -0.4 is 9.47 Å². The molecule has 1 aliphatic heterocycles. The van der Waals surface area contributed by atoms with Crippen LogP contribution in [0.5, 0.6) is 11.5 Å². The fourth-order valence-corrected chi connectivity index (χ4v) is 2.24. The fraction of sp³-hybridized carbons (Fsp3) is 0.118. The molecular formula is C17H13NO5. The van der Waals surface area contributed by atoms with Gasteiger partial charge in [-0.2, -0.15) is 0 Å². The number of aryl methyl sites for hydroxylation is 1. The molecule has 0 unspecified atom stereocenters. The van der Waals surface area contributed by atoms with E-state index in [2.05, 4.69) is 0 Å². The molecule has 0 bridgehead atoms. The van der Waals surface area contributed by atoms with Crippen molar-refractivity contribution in [3.8, 4) is 11.5 Å². The summed E-state index contributed by atoms with van der Waals surface area (Å²) in [6.45, 7) is 1.82. The number of nitro groups is 1. The van der Waals surface area contributed by atoms with Crippen molar-refractivity contribution in [1.29, 1.82) is 0 Å². The molecule has 6 nitrogen and oxygen atoms in total. The van der Waals surface area contributed by atoms with Gasteiger partial charge in [0.15, 0.2) is 17.3 Å². The first-order valence-electron chi connectivity index (χ1n) is 6.92. The molecule has 2 aromatic carbocycles. The molecule has 0 spiro atoms. The van der Waals surface area contributed by atoms with Crippen molar-refractivity contribution in [2.24, 2.45) is 0 Å². The average Bonchev–Trinajstić information content (AvgIpc) is 3.01. The van der Waals surface area contributed by atoms with Gasteiger partial charge in [0.1, 0.15) is 0 Å². The van der Waals surface area contributed by atoms with Crippen LogP contribution in [0.2, 0.25) is 0 Å². The minimum atomic E-state index is -0.438. The van der Waals surface area contributed by atoms with E-state index in [0.29, 0.717) is 28.2 Å². The van der Waals surface area contributed by atoms with Crippen molar-refractivity contribution < 1.29 is 19.2 Å². The van der Waals surface area contributed by atoms with E-state index in [4.69, 9.17) is 9.47 Å². The molecule has 23 heavy (non-hydrogen) atoms. The van der Waals surface area contributed by atoms with Crippen molar-refractivity contribution in [2.45, 2.75) is 6.92 Å². The van der Waals surface area contributed by atoms with Crippen LogP contribution in [0.3, 0.4) is 0 Å². The number of hydrogen-bond acceptors (Lipinski definition) is 5. The van der Waals surface area contributed by atoms with Gasteiger partial charge in [-0.1, -0.05) is 18.2 Å². The van der Waals surface area contributed by atoms with Crippen molar-refractivity contribution in [3.05, 3.63) is 69.3 Å². The molecule has 2 aromatic rings. The van der Waals surface area contributed by atoms with Crippen LogP contribution in [0.1, 0.15) is 21.5 Å². The maximum Gasteiger partial charge on any atom is 0.272 e. The topological polar surface area (TPSA) is 78.7 Å². The third-order valence-electron chi connectivity index (χ3n) is 3.51. The average molecular weight is 311 g/mol. The Balaban J connectivity index is 1.81. The maximum absolute atomic E-state index is 12.2. The van der Waals surface area contributed by atoms with E-state index in [1.807, 2.05) is 0 Å². The third-order valence-corrected chi connectivity index (χ3v) is 3.51. The minimum absolute atomic E-state index is 0.0303. The molecule has 1 heterocycles. The first kappa shape index (κ1) is 14.8. The van der Waals surface area contributed by atoms with E-state index in [1.54, 1.807) is 43.3 Å². The zero-order valence-corrected chi connectivity index (χ0v) is 12.3. The standard InChI is InChI=1S/C17H13NO5/c1-11-2-3-12(8-14(11)18(20)21)4-6-15(19)13-5-7-16-17(9-13)23-10-22-16/h2-9H,10H2,1H3/b6-4+. The smallest absolute Gasteiger partial charge is 0.272 e. The van der Waals surface area contributed by atoms with E-state index < -0.39 is 4.92 Å². The second-order valence-corrected chi connectivity index (χ2v) is 5.07. The van der Waals surface area contributed by atoms with E-state index >= 15 is 0 Å². The van der Waals surface area contributed by atoms with Gasteiger partial charge in [0.2, 0.25) is 6.79 Å². The predicted molar refractivity (Wildman–Crippen MR) is 83.8 cm³/mol. The number of allylic oxidation sites excluding steroid dienone is 1. The number of fused-ring (bicyclic) bond motifs is 1. The molecule has 0 fully saturated rings. The Hall–Kier alpha value is -3.15. The zero-order chi connectivity index (χ0) is 16.4. The van der Waals surface area contributed by atoms with E-state index in [1.165, 1.54) is 12.1 Å². The first-order valence-corrected chi connectivity index (χ1v) is 6.92. The monoisotopic (exact) mass is 311 g/mol. The number of hydrogen-bond donors (Lipinski definition) is 0. The second kappa shape index (κ2) is 5.92. The van der Waals surface area contributed by atoms with Crippen molar-refractivity contribution in [3.63, 3.8) is 0 Å². The van der Waals surface area contributed by atoms with Crippen LogP contribution >= 0.6 is 0 Å². The van der Waals surface area contributed by atoms with Gasteiger partial charge in [0.25, 0.3) is 5.69 Å². The van der Waals surface area contributed by atoms with Crippen LogP contribution in [0.25, 0.3) is 6.08 Å². The summed E-state index contributed by atoms with van der Waals surface area (Å²) in [5.74, 6) is 0.932. The summed E-state index contributed by atoms with van der Waals surface area (Å²) in [5, 5.41) is 10.9. The summed E-state index contributed by atoms with van der Waals surface area (Å²) in [6, 6.07) is 9.78. The molecule has 6 heteroatoms. The largest absolute Gasteiger partial charge is 0.454 e. The number of nitro benzene ring substituents is 1. The minimum Gasteiger partial charge on any atom is -0.454 e.